The summed E-state index contributed by atoms with van der Waals surface area (Å²) in [7, 11) is 0. The van der Waals surface area contributed by atoms with E-state index in [1.807, 2.05) is 24.1 Å². The van der Waals surface area contributed by atoms with Gasteiger partial charge in [-0.15, -0.1) is 0 Å². The molecule has 3 aliphatic rings. The van der Waals surface area contributed by atoms with Crippen LogP contribution in [0.3, 0.4) is 0 Å². The lowest BCUT2D eigenvalue weighted by molar-refractivity contribution is -0.124. The zero-order valence-corrected chi connectivity index (χ0v) is 16.7. The highest BCUT2D eigenvalue weighted by Gasteiger charge is 2.39. The Labute approximate surface area is 170 Å². The molecule has 3 heterocycles. The van der Waals surface area contributed by atoms with Gasteiger partial charge < -0.3 is 19.9 Å². The van der Waals surface area contributed by atoms with E-state index in [-0.39, 0.29) is 18.0 Å². The molecular weight excluding hydrogens is 376 g/mol. The lowest BCUT2D eigenvalue weighted by Gasteiger charge is -2.29. The fourth-order valence-corrected chi connectivity index (χ4v) is 3.95. The van der Waals surface area contributed by atoms with Crippen LogP contribution in [0.25, 0.3) is 0 Å². The van der Waals surface area contributed by atoms with Crippen molar-refractivity contribution in [2.75, 3.05) is 31.2 Å². The highest BCUT2D eigenvalue weighted by atomic mass is 35.5. The molecule has 1 N–H and O–H groups in total. The molecule has 0 bridgehead atoms. The molecule has 6 nitrogen and oxygen atoms in total. The van der Waals surface area contributed by atoms with Gasteiger partial charge in [0.15, 0.2) is 0 Å². The van der Waals surface area contributed by atoms with Crippen LogP contribution >= 0.6 is 11.6 Å². The van der Waals surface area contributed by atoms with Crippen LogP contribution in [-0.2, 0) is 16.1 Å². The Balaban J connectivity index is 1.37. The average molecular weight is 401 g/mol. The van der Waals surface area contributed by atoms with Crippen LogP contribution in [0.1, 0.15) is 18.9 Å². The predicted octanol–water partition coefficient (Wildman–Crippen LogP) is 2.65. The molecule has 1 aromatic rings. The number of allylic oxidation sites excluding steroid dienone is 2. The summed E-state index contributed by atoms with van der Waals surface area (Å²) in [6.45, 7) is 5.92. The summed E-state index contributed by atoms with van der Waals surface area (Å²) in [5.41, 5.74) is 2.27. The van der Waals surface area contributed by atoms with Crippen LogP contribution in [0.2, 0.25) is 0 Å². The van der Waals surface area contributed by atoms with Gasteiger partial charge in [-0.1, -0.05) is 30.7 Å². The number of ether oxygens (including phenoxy) is 1. The fourth-order valence-electron chi connectivity index (χ4n) is 3.79. The van der Waals surface area contributed by atoms with E-state index in [1.165, 1.54) is 5.69 Å². The van der Waals surface area contributed by atoms with Crippen molar-refractivity contribution in [1.29, 1.82) is 0 Å². The maximum absolute atomic E-state index is 12.9. The maximum atomic E-state index is 12.9. The van der Waals surface area contributed by atoms with Crippen molar-refractivity contribution < 1.29 is 9.53 Å². The lowest BCUT2D eigenvalue weighted by Crippen LogP contribution is -2.48. The summed E-state index contributed by atoms with van der Waals surface area (Å²) in [5.74, 6) is 0.744. The van der Waals surface area contributed by atoms with E-state index in [9.17, 15) is 4.79 Å². The van der Waals surface area contributed by atoms with Gasteiger partial charge in [0.2, 0.25) is 5.91 Å². The number of fused-ring (bicyclic) bond motifs is 1. The molecule has 3 aliphatic heterocycles. The third-order valence-electron chi connectivity index (χ3n) is 5.35. The second-order valence-corrected chi connectivity index (χ2v) is 7.58. The van der Waals surface area contributed by atoms with Crippen LogP contribution in [0, 0.1) is 0 Å². The number of morpholine rings is 1. The number of aliphatic imine (C=N–C) groups is 1. The molecule has 0 aliphatic carbocycles. The average Bonchev–Trinajstić information content (AvgIpc) is 3.10. The Hall–Kier alpha value is -2.31. The van der Waals surface area contributed by atoms with E-state index >= 15 is 0 Å². The number of hydrogen-bond acceptors (Lipinski definition) is 5. The third-order valence-corrected chi connectivity index (χ3v) is 5.59. The lowest BCUT2D eigenvalue weighted by atomic mass is 10.1. The first-order valence-corrected chi connectivity index (χ1v) is 10.1. The van der Waals surface area contributed by atoms with E-state index in [1.54, 1.807) is 6.08 Å². The van der Waals surface area contributed by atoms with Gasteiger partial charge in [0.05, 0.1) is 19.3 Å². The minimum atomic E-state index is -0.329. The normalized spacial score (nSPS) is 23.9. The Morgan fingerprint density at radius 3 is 2.75 bits per heavy atom. The summed E-state index contributed by atoms with van der Waals surface area (Å²) < 4.78 is 5.40. The summed E-state index contributed by atoms with van der Waals surface area (Å²) >= 11 is 6.07. The number of hydrogen-bond donors (Lipinski definition) is 1. The van der Waals surface area contributed by atoms with Crippen molar-refractivity contribution in [3.8, 4) is 0 Å². The molecule has 148 valence electrons. The monoisotopic (exact) mass is 400 g/mol. The minimum Gasteiger partial charge on any atom is -0.378 e. The van der Waals surface area contributed by atoms with E-state index in [4.69, 9.17) is 16.3 Å². The highest BCUT2D eigenvalue weighted by molar-refractivity contribution is 6.33. The number of benzene rings is 1. The minimum absolute atomic E-state index is 0.0149. The van der Waals surface area contributed by atoms with Crippen LogP contribution in [0.15, 0.2) is 52.6 Å². The Morgan fingerprint density at radius 1 is 1.29 bits per heavy atom. The van der Waals surface area contributed by atoms with E-state index in [0.717, 1.165) is 44.1 Å². The molecule has 28 heavy (non-hydrogen) atoms. The van der Waals surface area contributed by atoms with E-state index in [0.29, 0.717) is 11.6 Å². The van der Waals surface area contributed by atoms with Crippen LogP contribution < -0.4 is 10.2 Å². The zero-order chi connectivity index (χ0) is 19.5. The quantitative estimate of drug-likeness (QED) is 0.825. The van der Waals surface area contributed by atoms with Gasteiger partial charge >= 0.3 is 0 Å². The zero-order valence-electron chi connectivity index (χ0n) is 16.0. The van der Waals surface area contributed by atoms with Crippen LogP contribution in [-0.4, -0.2) is 55.0 Å². The molecule has 0 radical (unpaired) electrons. The number of nitrogens with zero attached hydrogens (tertiary/aromatic N) is 3. The van der Waals surface area contributed by atoms with Crippen molar-refractivity contribution in [2.24, 2.45) is 4.99 Å². The van der Waals surface area contributed by atoms with Gasteiger partial charge in [0.1, 0.15) is 11.9 Å². The van der Waals surface area contributed by atoms with Crippen LogP contribution in [0.5, 0.6) is 0 Å². The number of rotatable bonds is 5. The van der Waals surface area contributed by atoms with Gasteiger partial charge in [-0.3, -0.25) is 9.79 Å². The van der Waals surface area contributed by atoms with E-state index in [2.05, 4.69) is 39.5 Å². The molecule has 1 aromatic carbocycles. The number of carbonyl (C=O) groups excluding carboxylic acids is 1. The molecule has 1 amide bonds. The molecule has 2 atom stereocenters. The van der Waals surface area contributed by atoms with Gasteiger partial charge in [-0.25, -0.2) is 0 Å². The molecule has 2 unspecified atom stereocenters. The molecular formula is C21H25ClN4O2. The number of carbonyl (C=O) groups is 1. The highest BCUT2D eigenvalue weighted by Crippen LogP contribution is 2.26. The smallest absolute Gasteiger partial charge is 0.245 e. The summed E-state index contributed by atoms with van der Waals surface area (Å²) in [6.07, 6.45) is 6.24. The number of amides is 1. The number of amidine groups is 1. The number of nitrogens with one attached hydrogen (secondary N) is 1. The number of anilines is 1. The van der Waals surface area contributed by atoms with Crippen molar-refractivity contribution in [1.82, 2.24) is 10.2 Å². The first-order chi connectivity index (χ1) is 13.7. The molecule has 0 aromatic heterocycles. The predicted molar refractivity (Wildman–Crippen MR) is 112 cm³/mol. The molecule has 1 saturated heterocycles. The molecule has 7 heteroatoms. The largest absolute Gasteiger partial charge is 0.378 e. The summed E-state index contributed by atoms with van der Waals surface area (Å²) in [4.78, 5) is 21.8. The van der Waals surface area contributed by atoms with Crippen molar-refractivity contribution in [2.45, 2.75) is 32.0 Å². The van der Waals surface area contributed by atoms with Crippen LogP contribution in [0.4, 0.5) is 5.69 Å². The first kappa shape index (κ1) is 19.0. The Morgan fingerprint density at radius 2 is 2.04 bits per heavy atom. The van der Waals surface area contributed by atoms with E-state index < -0.39 is 0 Å². The SMILES string of the molecule is CCC1N=C2C=C(Cl)C=CN2C1C(=O)NCc1ccc(N2CCOCC2)cc1. The molecule has 4 rings (SSSR count). The maximum Gasteiger partial charge on any atom is 0.245 e. The van der Waals surface area contributed by atoms with Crippen molar-refractivity contribution in [3.63, 3.8) is 0 Å². The molecule has 0 spiro atoms. The fraction of sp³-hybridized carbons (Fsp3) is 0.429. The first-order valence-electron chi connectivity index (χ1n) is 9.76. The Bertz CT molecular complexity index is 812. The standard InChI is InChI=1S/C21H25ClN4O2/c1-2-18-20(26-8-7-16(22)13-19(26)24-18)21(27)23-14-15-3-5-17(6-4-15)25-9-11-28-12-10-25/h3-8,13,18,20H,2,9-12,14H2,1H3,(H,23,27). The van der Waals surface area contributed by atoms with Gasteiger partial charge in [-0.2, -0.15) is 0 Å². The van der Waals surface area contributed by atoms with Crippen molar-refractivity contribution >= 4 is 29.0 Å². The summed E-state index contributed by atoms with van der Waals surface area (Å²) in [5, 5.41) is 3.70. The van der Waals surface area contributed by atoms with Gasteiger partial charge in [0.25, 0.3) is 0 Å². The number of halogens is 1. The molecule has 0 saturated carbocycles. The molecule has 1 fully saturated rings. The topological polar surface area (TPSA) is 57.2 Å². The second kappa shape index (κ2) is 8.37. The van der Waals surface area contributed by atoms with Gasteiger partial charge in [-0.05, 0) is 36.3 Å². The summed E-state index contributed by atoms with van der Waals surface area (Å²) in [6, 6.07) is 7.97. The second-order valence-electron chi connectivity index (χ2n) is 7.14. The van der Waals surface area contributed by atoms with Gasteiger partial charge in [0, 0.05) is 36.6 Å². The van der Waals surface area contributed by atoms with Crippen molar-refractivity contribution in [3.05, 3.63) is 53.2 Å². The third kappa shape index (κ3) is 3.93. The Kier molecular flexibility index (Phi) is 5.69.